The van der Waals surface area contributed by atoms with Crippen molar-refractivity contribution in [2.24, 2.45) is 0 Å². The van der Waals surface area contributed by atoms with Gasteiger partial charge >= 0.3 is 6.18 Å². The molecule has 0 aliphatic rings. The maximum atomic E-state index is 13.4. The molecule has 1 N–H and O–H groups in total. The SMILES string of the molecule is CN(C)c1ccc(CC(=O)Nc2ccn(Cc3ccc(F)c(C(F)(F)F)c3)n2)cc1. The van der Waals surface area contributed by atoms with Crippen LogP contribution in [0.1, 0.15) is 16.7 Å². The number of anilines is 2. The van der Waals surface area contributed by atoms with E-state index >= 15 is 0 Å². The van der Waals surface area contributed by atoms with Gasteiger partial charge in [-0.3, -0.25) is 9.48 Å². The Kier molecular flexibility index (Phi) is 6.09. The van der Waals surface area contributed by atoms with Gasteiger partial charge in [0.25, 0.3) is 0 Å². The van der Waals surface area contributed by atoms with Gasteiger partial charge < -0.3 is 10.2 Å². The Morgan fingerprint density at radius 2 is 1.73 bits per heavy atom. The number of carbonyl (C=O) groups is 1. The molecule has 0 aliphatic heterocycles. The van der Waals surface area contributed by atoms with Crippen molar-refractivity contribution in [3.05, 3.63) is 77.2 Å². The number of amides is 1. The fraction of sp³-hybridized carbons (Fsp3) is 0.238. The molecule has 5 nitrogen and oxygen atoms in total. The van der Waals surface area contributed by atoms with Crippen LogP contribution in [0.5, 0.6) is 0 Å². The van der Waals surface area contributed by atoms with Crippen LogP contribution in [0.2, 0.25) is 0 Å². The van der Waals surface area contributed by atoms with Crippen molar-refractivity contribution >= 4 is 17.4 Å². The molecule has 158 valence electrons. The van der Waals surface area contributed by atoms with Gasteiger partial charge in [0.05, 0.1) is 18.5 Å². The van der Waals surface area contributed by atoms with Gasteiger partial charge in [-0.25, -0.2) is 4.39 Å². The zero-order chi connectivity index (χ0) is 21.9. The number of hydrogen-bond donors (Lipinski definition) is 1. The average molecular weight is 420 g/mol. The maximum Gasteiger partial charge on any atom is 0.419 e. The number of halogens is 4. The Morgan fingerprint density at radius 3 is 2.37 bits per heavy atom. The number of aromatic nitrogens is 2. The van der Waals surface area contributed by atoms with Crippen LogP contribution in [0.15, 0.2) is 54.7 Å². The lowest BCUT2D eigenvalue weighted by molar-refractivity contribution is -0.140. The summed E-state index contributed by atoms with van der Waals surface area (Å²) in [5.41, 5.74) is 0.780. The summed E-state index contributed by atoms with van der Waals surface area (Å²) in [7, 11) is 3.85. The molecule has 0 unspecified atom stereocenters. The lowest BCUT2D eigenvalue weighted by Gasteiger charge is -2.12. The number of alkyl halides is 3. The first-order valence-corrected chi connectivity index (χ1v) is 9.07. The topological polar surface area (TPSA) is 50.2 Å². The molecule has 2 aromatic carbocycles. The minimum Gasteiger partial charge on any atom is -0.378 e. The normalized spacial score (nSPS) is 11.4. The van der Waals surface area contributed by atoms with Crippen molar-refractivity contribution in [3.63, 3.8) is 0 Å². The molecule has 0 radical (unpaired) electrons. The highest BCUT2D eigenvalue weighted by Gasteiger charge is 2.34. The summed E-state index contributed by atoms with van der Waals surface area (Å²) in [6, 6.07) is 11.9. The Hall–Kier alpha value is -3.36. The number of hydrogen-bond acceptors (Lipinski definition) is 3. The summed E-state index contributed by atoms with van der Waals surface area (Å²) in [4.78, 5) is 14.2. The van der Waals surface area contributed by atoms with Crippen molar-refractivity contribution in [1.29, 1.82) is 0 Å². The predicted molar refractivity (Wildman–Crippen MR) is 106 cm³/mol. The van der Waals surface area contributed by atoms with E-state index < -0.39 is 17.6 Å². The zero-order valence-electron chi connectivity index (χ0n) is 16.4. The number of carbonyl (C=O) groups excluding carboxylic acids is 1. The summed E-state index contributed by atoms with van der Waals surface area (Å²) in [5, 5.41) is 6.80. The minimum atomic E-state index is -4.77. The van der Waals surface area contributed by atoms with Crippen LogP contribution in [-0.4, -0.2) is 29.8 Å². The molecule has 0 bridgehead atoms. The number of benzene rings is 2. The maximum absolute atomic E-state index is 13.4. The molecule has 0 fully saturated rings. The molecule has 0 aliphatic carbocycles. The highest BCUT2D eigenvalue weighted by Crippen LogP contribution is 2.32. The third kappa shape index (κ3) is 5.37. The standard InChI is InChI=1S/C21H20F4N4O/c1-28(2)16-6-3-14(4-7-16)12-20(30)26-19-9-10-29(27-19)13-15-5-8-18(22)17(11-15)21(23,24)25/h3-11H,12-13H2,1-2H3,(H,26,27,30). The molecule has 0 atom stereocenters. The summed E-state index contributed by atoms with van der Waals surface area (Å²) >= 11 is 0. The lowest BCUT2D eigenvalue weighted by atomic mass is 10.1. The van der Waals surface area contributed by atoms with Crippen LogP contribution < -0.4 is 10.2 Å². The van der Waals surface area contributed by atoms with Crippen LogP contribution >= 0.6 is 0 Å². The number of rotatable bonds is 6. The second-order valence-electron chi connectivity index (χ2n) is 7.00. The molecule has 3 rings (SSSR count). The van der Waals surface area contributed by atoms with Gasteiger partial charge in [0.1, 0.15) is 5.82 Å². The lowest BCUT2D eigenvalue weighted by Crippen LogP contribution is -2.15. The highest BCUT2D eigenvalue weighted by atomic mass is 19.4. The van der Waals surface area contributed by atoms with E-state index in [1.807, 2.05) is 43.3 Å². The van der Waals surface area contributed by atoms with E-state index in [-0.39, 0.29) is 30.3 Å². The molecular formula is C21H20F4N4O. The Bertz CT molecular complexity index is 1030. The van der Waals surface area contributed by atoms with Crippen molar-refractivity contribution in [1.82, 2.24) is 9.78 Å². The molecule has 1 aromatic heterocycles. The molecule has 30 heavy (non-hydrogen) atoms. The van der Waals surface area contributed by atoms with E-state index in [1.165, 1.54) is 16.9 Å². The van der Waals surface area contributed by atoms with Crippen LogP contribution in [0, 0.1) is 5.82 Å². The number of nitrogens with zero attached hydrogens (tertiary/aromatic N) is 3. The van der Waals surface area contributed by atoms with Crippen molar-refractivity contribution < 1.29 is 22.4 Å². The van der Waals surface area contributed by atoms with E-state index in [0.717, 1.165) is 23.4 Å². The van der Waals surface area contributed by atoms with Crippen LogP contribution in [0.4, 0.5) is 29.1 Å². The summed E-state index contributed by atoms with van der Waals surface area (Å²) in [6.07, 6.45) is -3.08. The average Bonchev–Trinajstić information content (AvgIpc) is 3.09. The second-order valence-corrected chi connectivity index (χ2v) is 7.00. The van der Waals surface area contributed by atoms with E-state index in [0.29, 0.717) is 0 Å². The van der Waals surface area contributed by atoms with Crippen LogP contribution in [0.25, 0.3) is 0 Å². The summed E-state index contributed by atoms with van der Waals surface area (Å²) in [6.45, 7) is 0.00519. The molecule has 1 amide bonds. The largest absolute Gasteiger partial charge is 0.419 e. The van der Waals surface area contributed by atoms with Gasteiger partial charge in [0.2, 0.25) is 5.91 Å². The Labute approximate surface area is 170 Å². The first kappa shape index (κ1) is 21.4. The quantitative estimate of drug-likeness (QED) is 0.604. The van der Waals surface area contributed by atoms with Crippen molar-refractivity contribution in [2.75, 3.05) is 24.3 Å². The fourth-order valence-corrected chi connectivity index (χ4v) is 2.88. The zero-order valence-corrected chi connectivity index (χ0v) is 16.4. The number of nitrogens with one attached hydrogen (secondary N) is 1. The van der Waals surface area contributed by atoms with E-state index in [2.05, 4.69) is 10.4 Å². The minimum absolute atomic E-state index is 0.00519. The van der Waals surface area contributed by atoms with Gasteiger partial charge in [0, 0.05) is 32.0 Å². The summed E-state index contributed by atoms with van der Waals surface area (Å²) in [5.74, 6) is -1.31. The first-order valence-electron chi connectivity index (χ1n) is 9.07. The van der Waals surface area contributed by atoms with Gasteiger partial charge in [-0.2, -0.15) is 18.3 Å². The smallest absolute Gasteiger partial charge is 0.378 e. The summed E-state index contributed by atoms with van der Waals surface area (Å²) < 4.78 is 53.3. The predicted octanol–water partition coefficient (Wildman–Crippen LogP) is 4.34. The van der Waals surface area contributed by atoms with Crippen LogP contribution in [-0.2, 0) is 23.9 Å². The van der Waals surface area contributed by atoms with Crippen LogP contribution in [0.3, 0.4) is 0 Å². The van der Waals surface area contributed by atoms with Gasteiger partial charge in [-0.05, 0) is 35.4 Å². The molecule has 9 heteroatoms. The molecule has 0 spiro atoms. The molecule has 0 saturated heterocycles. The van der Waals surface area contributed by atoms with Gasteiger partial charge in [0.15, 0.2) is 5.82 Å². The first-order chi connectivity index (χ1) is 14.1. The molecular weight excluding hydrogens is 400 g/mol. The van der Waals surface area contributed by atoms with E-state index in [4.69, 9.17) is 0 Å². The van der Waals surface area contributed by atoms with E-state index in [9.17, 15) is 22.4 Å². The second kappa shape index (κ2) is 8.56. The fourth-order valence-electron chi connectivity index (χ4n) is 2.88. The highest BCUT2D eigenvalue weighted by molar-refractivity contribution is 5.91. The van der Waals surface area contributed by atoms with Gasteiger partial charge in [-0.1, -0.05) is 18.2 Å². The molecule has 1 heterocycles. The third-order valence-electron chi connectivity index (χ3n) is 4.41. The van der Waals surface area contributed by atoms with Crippen molar-refractivity contribution in [3.8, 4) is 0 Å². The van der Waals surface area contributed by atoms with E-state index in [1.54, 1.807) is 6.07 Å². The Morgan fingerprint density at radius 1 is 1.07 bits per heavy atom. The van der Waals surface area contributed by atoms with Gasteiger partial charge in [-0.15, -0.1) is 0 Å². The third-order valence-corrected chi connectivity index (χ3v) is 4.41. The Balaban J connectivity index is 1.62. The monoisotopic (exact) mass is 420 g/mol. The molecule has 3 aromatic rings. The molecule has 0 saturated carbocycles. The van der Waals surface area contributed by atoms with Crippen molar-refractivity contribution in [2.45, 2.75) is 19.1 Å².